The van der Waals surface area contributed by atoms with Crippen LogP contribution in [0.5, 0.6) is 5.75 Å². The predicted molar refractivity (Wildman–Crippen MR) is 132 cm³/mol. The van der Waals surface area contributed by atoms with Gasteiger partial charge in [-0.2, -0.15) is 11.3 Å². The highest BCUT2D eigenvalue weighted by atomic mass is 35.5. The van der Waals surface area contributed by atoms with Gasteiger partial charge in [-0.05, 0) is 66.9 Å². The molecule has 6 heteroatoms. The minimum absolute atomic E-state index is 0. The lowest BCUT2D eigenvalue weighted by Gasteiger charge is -2.18. The third kappa shape index (κ3) is 11.9. The first-order valence-electron chi connectivity index (χ1n) is 10.3. The summed E-state index contributed by atoms with van der Waals surface area (Å²) in [4.78, 5) is 2.01. The van der Waals surface area contributed by atoms with Gasteiger partial charge in [0.2, 0.25) is 0 Å². The maximum Gasteiger partial charge on any atom is 0.120 e. The summed E-state index contributed by atoms with van der Waals surface area (Å²) in [5.74, 6) is 7.02. The van der Waals surface area contributed by atoms with Crippen molar-refractivity contribution in [3.05, 3.63) is 53.2 Å². The van der Waals surface area contributed by atoms with E-state index in [1.54, 1.807) is 11.3 Å². The van der Waals surface area contributed by atoms with Gasteiger partial charge in [-0.25, -0.2) is 4.39 Å². The van der Waals surface area contributed by atoms with E-state index in [1.807, 2.05) is 35.3 Å². The fraction of sp³-hybridized carbons (Fsp3) is 0.440. The van der Waals surface area contributed by atoms with E-state index in [4.69, 9.17) is 9.47 Å². The van der Waals surface area contributed by atoms with E-state index in [9.17, 15) is 4.39 Å². The second kappa shape index (κ2) is 15.0. The monoisotopic (exact) mass is 465 g/mol. The van der Waals surface area contributed by atoms with Gasteiger partial charge in [-0.15, -0.1) is 12.4 Å². The van der Waals surface area contributed by atoms with E-state index >= 15 is 0 Å². The number of benzene rings is 1. The summed E-state index contributed by atoms with van der Waals surface area (Å²) in [5, 5.41) is 4.19. The first-order chi connectivity index (χ1) is 14.5. The lowest BCUT2D eigenvalue weighted by molar-refractivity contribution is 0.0808. The van der Waals surface area contributed by atoms with E-state index in [2.05, 4.69) is 55.5 Å². The molecule has 0 aliphatic rings. The number of halogens is 2. The van der Waals surface area contributed by atoms with Gasteiger partial charge in [0.15, 0.2) is 0 Å². The molecule has 0 radical (unpaired) electrons. The number of nitrogens with zero attached hydrogens (tertiary/aromatic N) is 1. The van der Waals surface area contributed by atoms with Crippen molar-refractivity contribution in [1.29, 1.82) is 0 Å². The van der Waals surface area contributed by atoms with Crippen molar-refractivity contribution in [3.63, 3.8) is 0 Å². The molecular weight excluding hydrogens is 433 g/mol. The van der Waals surface area contributed by atoms with E-state index in [1.165, 1.54) is 5.56 Å². The van der Waals surface area contributed by atoms with Crippen molar-refractivity contribution >= 4 is 23.7 Å². The summed E-state index contributed by atoms with van der Waals surface area (Å²) in [7, 11) is 0. The zero-order valence-electron chi connectivity index (χ0n) is 18.6. The van der Waals surface area contributed by atoms with Crippen LogP contribution in [0, 0.1) is 17.3 Å². The molecule has 0 fully saturated rings. The van der Waals surface area contributed by atoms with Crippen molar-refractivity contribution in [2.24, 2.45) is 5.41 Å². The summed E-state index contributed by atoms with van der Waals surface area (Å²) in [5.41, 5.74) is 2.34. The normalized spacial score (nSPS) is 11.3. The molecule has 170 valence electrons. The van der Waals surface area contributed by atoms with Gasteiger partial charge in [0.1, 0.15) is 19.0 Å². The lowest BCUT2D eigenvalue weighted by Crippen LogP contribution is -2.30. The maximum absolute atomic E-state index is 12.8. The molecule has 0 atom stereocenters. The molecule has 1 aromatic carbocycles. The largest absolute Gasteiger partial charge is 0.491 e. The molecule has 0 aliphatic carbocycles. The third-order valence-electron chi connectivity index (χ3n) is 4.15. The van der Waals surface area contributed by atoms with E-state index in [0.717, 1.165) is 11.3 Å². The topological polar surface area (TPSA) is 21.7 Å². The van der Waals surface area contributed by atoms with Crippen LogP contribution in [0.1, 0.15) is 20.8 Å². The number of hydrogen-bond donors (Lipinski definition) is 0. The first kappa shape index (κ1) is 27.2. The van der Waals surface area contributed by atoms with Gasteiger partial charge in [0.25, 0.3) is 0 Å². The van der Waals surface area contributed by atoms with Crippen LogP contribution in [-0.4, -0.2) is 51.0 Å². The SMILES string of the molecule is CC(C)(C)C#CC=CCN(CCF)CCOCCOc1cccc(-c2ccsc2)c1.Cl. The van der Waals surface area contributed by atoms with Gasteiger partial charge < -0.3 is 9.47 Å². The van der Waals surface area contributed by atoms with E-state index < -0.39 is 0 Å². The van der Waals surface area contributed by atoms with Crippen LogP contribution in [-0.2, 0) is 4.74 Å². The Kier molecular flexibility index (Phi) is 13.2. The molecule has 0 unspecified atom stereocenters. The Morgan fingerprint density at radius 3 is 2.65 bits per heavy atom. The van der Waals surface area contributed by atoms with Crippen molar-refractivity contribution in [2.45, 2.75) is 20.8 Å². The van der Waals surface area contributed by atoms with Gasteiger partial charge in [-0.3, -0.25) is 4.90 Å². The average Bonchev–Trinajstić information content (AvgIpc) is 3.24. The van der Waals surface area contributed by atoms with Gasteiger partial charge in [-0.1, -0.05) is 30.0 Å². The summed E-state index contributed by atoms with van der Waals surface area (Å²) in [6, 6.07) is 10.2. The Balaban J connectivity index is 0.00000480. The minimum Gasteiger partial charge on any atom is -0.491 e. The van der Waals surface area contributed by atoms with Crippen LogP contribution in [0.2, 0.25) is 0 Å². The average molecular weight is 466 g/mol. The summed E-state index contributed by atoms with van der Waals surface area (Å²) >= 11 is 1.68. The molecule has 0 bridgehead atoms. The minimum atomic E-state index is -0.370. The molecule has 31 heavy (non-hydrogen) atoms. The number of rotatable bonds is 12. The molecule has 3 nitrogen and oxygen atoms in total. The molecule has 0 spiro atoms. The lowest BCUT2D eigenvalue weighted by atomic mass is 9.98. The highest BCUT2D eigenvalue weighted by Crippen LogP contribution is 2.25. The molecule has 1 heterocycles. The smallest absolute Gasteiger partial charge is 0.120 e. The highest BCUT2D eigenvalue weighted by molar-refractivity contribution is 7.08. The van der Waals surface area contributed by atoms with Crippen LogP contribution in [0.25, 0.3) is 11.1 Å². The molecule has 0 amide bonds. The van der Waals surface area contributed by atoms with Gasteiger partial charge in [0, 0.05) is 25.0 Å². The molecule has 2 rings (SSSR count). The van der Waals surface area contributed by atoms with Crippen LogP contribution in [0.15, 0.2) is 53.2 Å². The van der Waals surface area contributed by atoms with Crippen molar-refractivity contribution in [3.8, 4) is 28.7 Å². The standard InChI is InChI=1S/C25H32FNO2S.ClH/c1-25(2,3)11-5-4-6-13-27(14-12-26)15-16-28-17-18-29-24-9-7-8-22(20-24)23-10-19-30-21-23;/h4,6-10,19-21H,12-18H2,1-3H3;1H. The Morgan fingerprint density at radius 2 is 1.94 bits per heavy atom. The zero-order chi connectivity index (χ0) is 21.7. The Bertz CT molecular complexity index is 822. The van der Waals surface area contributed by atoms with E-state index in [0.29, 0.717) is 39.5 Å². The van der Waals surface area contributed by atoms with Crippen LogP contribution in [0.3, 0.4) is 0 Å². The van der Waals surface area contributed by atoms with Crippen LogP contribution < -0.4 is 4.74 Å². The molecule has 0 aliphatic heterocycles. The number of alkyl halides is 1. The fourth-order valence-corrected chi connectivity index (χ4v) is 3.31. The Hall–Kier alpha value is -1.84. The van der Waals surface area contributed by atoms with Crippen molar-refractivity contribution < 1.29 is 13.9 Å². The molecule has 2 aromatic rings. The number of hydrogen-bond acceptors (Lipinski definition) is 4. The number of allylic oxidation sites excluding steroid dienone is 1. The van der Waals surface area contributed by atoms with E-state index in [-0.39, 0.29) is 24.5 Å². The molecule has 0 N–H and O–H groups in total. The zero-order valence-corrected chi connectivity index (χ0v) is 20.2. The number of thiophene rings is 1. The van der Waals surface area contributed by atoms with Gasteiger partial charge in [0.05, 0.1) is 13.2 Å². The summed E-state index contributed by atoms with van der Waals surface area (Å²) in [6.07, 6.45) is 3.81. The summed E-state index contributed by atoms with van der Waals surface area (Å²) < 4.78 is 24.2. The van der Waals surface area contributed by atoms with Crippen LogP contribution >= 0.6 is 23.7 Å². The fourth-order valence-electron chi connectivity index (χ4n) is 2.64. The predicted octanol–water partition coefficient (Wildman–Crippen LogP) is 6.11. The van der Waals surface area contributed by atoms with Crippen LogP contribution in [0.4, 0.5) is 4.39 Å². The number of ether oxygens (including phenoxy) is 2. The maximum atomic E-state index is 12.8. The second-order valence-electron chi connectivity index (χ2n) is 7.91. The molecule has 0 saturated heterocycles. The van der Waals surface area contributed by atoms with Crippen molar-refractivity contribution in [1.82, 2.24) is 4.90 Å². The highest BCUT2D eigenvalue weighted by Gasteiger charge is 2.04. The summed E-state index contributed by atoms with van der Waals surface area (Å²) in [6.45, 7) is 9.11. The second-order valence-corrected chi connectivity index (χ2v) is 8.69. The third-order valence-corrected chi connectivity index (χ3v) is 4.83. The Morgan fingerprint density at radius 1 is 1.10 bits per heavy atom. The first-order valence-corrected chi connectivity index (χ1v) is 11.2. The Labute approximate surface area is 196 Å². The molecule has 0 saturated carbocycles. The quantitative estimate of drug-likeness (QED) is 0.279. The molecular formula is C25H33ClFNO2S. The van der Waals surface area contributed by atoms with Gasteiger partial charge >= 0.3 is 0 Å². The molecule has 1 aromatic heterocycles. The van der Waals surface area contributed by atoms with Crippen molar-refractivity contribution in [2.75, 3.05) is 46.1 Å².